The van der Waals surface area contributed by atoms with Gasteiger partial charge in [-0.2, -0.15) is 0 Å². The Labute approximate surface area is 166 Å². The van der Waals surface area contributed by atoms with Crippen LogP contribution in [0.3, 0.4) is 0 Å². The van der Waals surface area contributed by atoms with E-state index in [1.54, 1.807) is 49.1 Å². The average molecular weight is 384 g/mol. The zero-order valence-corrected chi connectivity index (χ0v) is 15.7. The third kappa shape index (κ3) is 3.60. The van der Waals surface area contributed by atoms with Crippen LogP contribution >= 0.6 is 0 Å². The predicted molar refractivity (Wildman–Crippen MR) is 113 cm³/mol. The van der Waals surface area contributed by atoms with Gasteiger partial charge in [0, 0.05) is 35.1 Å². The number of halogens is 1. The van der Waals surface area contributed by atoms with Crippen LogP contribution in [0.1, 0.15) is 0 Å². The lowest BCUT2D eigenvalue weighted by Crippen LogP contribution is -2.26. The van der Waals surface area contributed by atoms with Crippen molar-refractivity contribution >= 4 is 29.9 Å². The van der Waals surface area contributed by atoms with Crippen molar-refractivity contribution in [2.24, 2.45) is 5.16 Å². The second-order valence-electron chi connectivity index (χ2n) is 6.27. The van der Waals surface area contributed by atoms with Gasteiger partial charge in [0.25, 0.3) is 0 Å². The van der Waals surface area contributed by atoms with Crippen LogP contribution in [0.25, 0.3) is 46.1 Å². The van der Waals surface area contributed by atoms with Crippen LogP contribution in [-0.2, 0) is 4.84 Å². The van der Waals surface area contributed by atoms with Crippen molar-refractivity contribution in [3.8, 4) is 22.4 Å². The van der Waals surface area contributed by atoms with Crippen LogP contribution in [0.15, 0.2) is 66.2 Å². The first-order chi connectivity index (χ1) is 14.2. The van der Waals surface area contributed by atoms with E-state index in [-0.39, 0.29) is 5.82 Å². The second kappa shape index (κ2) is 7.98. The van der Waals surface area contributed by atoms with Gasteiger partial charge in [0.2, 0.25) is 0 Å². The van der Waals surface area contributed by atoms with Gasteiger partial charge in [0.05, 0.1) is 11.9 Å². The summed E-state index contributed by atoms with van der Waals surface area (Å²) >= 11 is 0. The Morgan fingerprint density at radius 3 is 2.76 bits per heavy atom. The number of hydrogen-bond donors (Lipinski definition) is 0. The number of nitrogens with zero attached hydrogens (tertiary/aromatic N) is 4. The zero-order valence-electron chi connectivity index (χ0n) is 15.7. The van der Waals surface area contributed by atoms with E-state index in [1.165, 1.54) is 13.2 Å². The fourth-order valence-corrected chi connectivity index (χ4v) is 3.18. The fourth-order valence-electron chi connectivity index (χ4n) is 3.18. The Morgan fingerprint density at radius 2 is 1.93 bits per heavy atom. The Kier molecular flexibility index (Phi) is 5.07. The largest absolute Gasteiger partial charge is 0.399 e. The van der Waals surface area contributed by atoms with E-state index in [2.05, 4.69) is 26.7 Å². The minimum absolute atomic E-state index is 0.343. The third-order valence-electron chi connectivity index (χ3n) is 4.50. The summed E-state index contributed by atoms with van der Waals surface area (Å²) in [5.41, 5.74) is 3.07. The molecule has 0 N–H and O–H groups in total. The van der Waals surface area contributed by atoms with E-state index in [0.29, 0.717) is 16.9 Å². The Bertz CT molecular complexity index is 1330. The van der Waals surface area contributed by atoms with Gasteiger partial charge in [-0.15, -0.1) is 0 Å². The molecular formula is C23H17FN4O. The lowest BCUT2D eigenvalue weighted by Gasteiger charge is -2.11. The summed E-state index contributed by atoms with van der Waals surface area (Å²) in [4.78, 5) is 18.0. The van der Waals surface area contributed by atoms with Crippen molar-refractivity contribution in [1.82, 2.24) is 15.0 Å². The van der Waals surface area contributed by atoms with Gasteiger partial charge in [-0.1, -0.05) is 23.9 Å². The molecule has 0 fully saturated rings. The maximum absolute atomic E-state index is 14.4. The van der Waals surface area contributed by atoms with E-state index in [9.17, 15) is 4.39 Å². The van der Waals surface area contributed by atoms with E-state index in [0.717, 1.165) is 27.0 Å². The smallest absolute Gasteiger partial charge is 0.160 e. The number of benzene rings is 1. The first-order valence-electron chi connectivity index (χ1n) is 8.90. The highest BCUT2D eigenvalue weighted by Gasteiger charge is 2.13. The van der Waals surface area contributed by atoms with Gasteiger partial charge in [-0.25, -0.2) is 14.4 Å². The highest BCUT2D eigenvalue weighted by molar-refractivity contribution is 5.97. The number of fused-ring (bicyclic) bond motifs is 1. The van der Waals surface area contributed by atoms with Gasteiger partial charge < -0.3 is 4.84 Å². The number of oxime groups is 1. The molecule has 29 heavy (non-hydrogen) atoms. The van der Waals surface area contributed by atoms with Gasteiger partial charge >= 0.3 is 0 Å². The standard InChI is InChI=1S/C23H17FN4O/c1-15-13-25-14-20(16(15)9-11-27-29-2)19-12-22(18-6-3-4-8-21(18)24)28-23-17(19)7-5-10-26-23/h3-14H,1H2,2H3/b16-9+,27-11+. The summed E-state index contributed by atoms with van der Waals surface area (Å²) in [6.45, 7) is 4.07. The third-order valence-corrected chi connectivity index (χ3v) is 4.50. The molecule has 0 aliphatic carbocycles. The molecule has 142 valence electrons. The lowest BCUT2D eigenvalue weighted by atomic mass is 9.98. The number of pyridine rings is 3. The topological polar surface area (TPSA) is 60.3 Å². The van der Waals surface area contributed by atoms with E-state index in [4.69, 9.17) is 4.84 Å². The minimum Gasteiger partial charge on any atom is -0.399 e. The van der Waals surface area contributed by atoms with E-state index >= 15 is 0 Å². The second-order valence-corrected chi connectivity index (χ2v) is 6.27. The molecule has 0 unspecified atom stereocenters. The van der Waals surface area contributed by atoms with Crippen molar-refractivity contribution in [3.05, 3.63) is 77.3 Å². The summed E-state index contributed by atoms with van der Waals surface area (Å²) in [6.07, 6.45) is 8.43. The van der Waals surface area contributed by atoms with Crippen LogP contribution in [0.2, 0.25) is 0 Å². The monoisotopic (exact) mass is 384 g/mol. The Balaban J connectivity index is 2.07. The van der Waals surface area contributed by atoms with Crippen molar-refractivity contribution in [3.63, 3.8) is 0 Å². The summed E-state index contributed by atoms with van der Waals surface area (Å²) in [7, 11) is 1.48. The molecule has 4 rings (SSSR count). The predicted octanol–water partition coefficient (Wildman–Crippen LogP) is 3.32. The molecule has 0 radical (unpaired) electrons. The van der Waals surface area contributed by atoms with Crippen molar-refractivity contribution in [2.75, 3.05) is 7.11 Å². The lowest BCUT2D eigenvalue weighted by molar-refractivity contribution is 0.216. The Morgan fingerprint density at radius 1 is 1.07 bits per heavy atom. The molecule has 1 aromatic carbocycles. The van der Waals surface area contributed by atoms with Crippen molar-refractivity contribution in [1.29, 1.82) is 0 Å². The molecule has 0 aliphatic heterocycles. The molecule has 0 aliphatic rings. The fraction of sp³-hybridized carbons (Fsp3) is 0.0435. The maximum atomic E-state index is 14.4. The summed E-state index contributed by atoms with van der Waals surface area (Å²) in [5, 5.41) is 6.17. The number of rotatable bonds is 4. The average Bonchev–Trinajstić information content (AvgIpc) is 2.74. The van der Waals surface area contributed by atoms with Crippen molar-refractivity contribution in [2.45, 2.75) is 0 Å². The van der Waals surface area contributed by atoms with Crippen LogP contribution in [0.4, 0.5) is 4.39 Å². The quantitative estimate of drug-likeness (QED) is 0.400. The highest BCUT2D eigenvalue weighted by atomic mass is 19.1. The molecule has 0 amide bonds. The van der Waals surface area contributed by atoms with Gasteiger partial charge in [0.15, 0.2) is 5.65 Å². The number of hydrogen-bond acceptors (Lipinski definition) is 5. The first kappa shape index (κ1) is 18.4. The molecule has 0 atom stereocenters. The van der Waals surface area contributed by atoms with Gasteiger partial charge in [0.1, 0.15) is 12.9 Å². The Hall–Kier alpha value is -3.93. The van der Waals surface area contributed by atoms with Crippen LogP contribution in [0, 0.1) is 5.82 Å². The molecule has 3 heterocycles. The number of aromatic nitrogens is 3. The minimum atomic E-state index is -0.343. The molecule has 0 bridgehead atoms. The van der Waals surface area contributed by atoms with Gasteiger partial charge in [-0.05, 0) is 52.4 Å². The molecule has 0 spiro atoms. The van der Waals surface area contributed by atoms with Crippen LogP contribution < -0.4 is 10.4 Å². The van der Waals surface area contributed by atoms with E-state index < -0.39 is 0 Å². The molecule has 5 nitrogen and oxygen atoms in total. The van der Waals surface area contributed by atoms with Crippen LogP contribution in [0.5, 0.6) is 0 Å². The van der Waals surface area contributed by atoms with Crippen molar-refractivity contribution < 1.29 is 9.23 Å². The highest BCUT2D eigenvalue weighted by Crippen LogP contribution is 2.30. The summed E-state index contributed by atoms with van der Waals surface area (Å²) in [5.74, 6) is -0.343. The molecule has 0 saturated heterocycles. The SMILES string of the molecule is C=c1cncc(-c2cc(-c3ccccc3F)nc3ncccc23)/c1=C/C=N/OC. The van der Waals surface area contributed by atoms with Gasteiger partial charge in [-0.3, -0.25) is 4.98 Å². The summed E-state index contributed by atoms with van der Waals surface area (Å²) in [6, 6.07) is 12.2. The first-order valence-corrected chi connectivity index (χ1v) is 8.90. The maximum Gasteiger partial charge on any atom is 0.160 e. The molecular weight excluding hydrogens is 367 g/mol. The molecule has 4 aromatic rings. The summed E-state index contributed by atoms with van der Waals surface area (Å²) < 4.78 is 14.4. The molecule has 0 saturated carbocycles. The van der Waals surface area contributed by atoms with E-state index in [1.807, 2.05) is 18.2 Å². The zero-order chi connectivity index (χ0) is 20.2. The molecule has 3 aromatic heterocycles. The normalized spacial score (nSPS) is 12.0. The molecule has 6 heteroatoms. The van der Waals surface area contributed by atoms with Crippen LogP contribution in [-0.4, -0.2) is 28.3 Å².